The summed E-state index contributed by atoms with van der Waals surface area (Å²) in [7, 11) is 0. The van der Waals surface area contributed by atoms with Crippen LogP contribution in [0.5, 0.6) is 11.5 Å². The number of hydrogen-bond donors (Lipinski definition) is 1. The lowest BCUT2D eigenvalue weighted by molar-refractivity contribution is 0.0941. The van der Waals surface area contributed by atoms with Crippen LogP contribution in [0.4, 0.5) is 5.88 Å². The fourth-order valence-corrected chi connectivity index (χ4v) is 2.63. The molecule has 0 bridgehead atoms. The Bertz CT molecular complexity index is 739. The second kappa shape index (κ2) is 6.40. The van der Waals surface area contributed by atoms with E-state index < -0.39 is 0 Å². The van der Waals surface area contributed by atoms with Crippen LogP contribution in [0.25, 0.3) is 0 Å². The highest BCUT2D eigenvalue weighted by Crippen LogP contribution is 2.32. The largest absolute Gasteiger partial charge is 0.454 e. The number of benzene rings is 1. The maximum atomic E-state index is 12.2. The number of anilines is 1. The van der Waals surface area contributed by atoms with Crippen molar-refractivity contribution < 1.29 is 23.5 Å². The van der Waals surface area contributed by atoms with Crippen LogP contribution in [0.1, 0.15) is 16.1 Å². The summed E-state index contributed by atoms with van der Waals surface area (Å²) in [6.45, 7) is 3.35. The van der Waals surface area contributed by atoms with Gasteiger partial charge in [0.05, 0.1) is 13.2 Å². The number of nitrogens with one attached hydrogen (secondary N) is 1. The number of nitrogens with zero attached hydrogens (tertiary/aromatic N) is 2. The third-order valence-corrected chi connectivity index (χ3v) is 3.94. The van der Waals surface area contributed by atoms with Crippen molar-refractivity contribution >= 4 is 11.8 Å². The molecular formula is C16H17N3O5. The van der Waals surface area contributed by atoms with E-state index in [-0.39, 0.29) is 18.4 Å². The van der Waals surface area contributed by atoms with Gasteiger partial charge in [-0.05, 0) is 17.7 Å². The lowest BCUT2D eigenvalue weighted by atomic mass is 10.2. The minimum absolute atomic E-state index is 0.231. The number of ether oxygens (including phenoxy) is 3. The number of fused-ring (bicyclic) bond motifs is 1. The quantitative estimate of drug-likeness (QED) is 0.900. The molecule has 2 aromatic rings. The van der Waals surface area contributed by atoms with Gasteiger partial charge in [0.2, 0.25) is 12.7 Å². The summed E-state index contributed by atoms with van der Waals surface area (Å²) < 4.78 is 21.1. The van der Waals surface area contributed by atoms with E-state index in [1.807, 2.05) is 23.1 Å². The normalized spacial score (nSPS) is 16.2. The Kier molecular flexibility index (Phi) is 3.96. The van der Waals surface area contributed by atoms with E-state index in [2.05, 4.69) is 10.5 Å². The second-order valence-electron chi connectivity index (χ2n) is 5.52. The third kappa shape index (κ3) is 3.00. The van der Waals surface area contributed by atoms with Gasteiger partial charge in [0.1, 0.15) is 0 Å². The van der Waals surface area contributed by atoms with Crippen LogP contribution < -0.4 is 19.7 Å². The Morgan fingerprint density at radius 3 is 2.88 bits per heavy atom. The van der Waals surface area contributed by atoms with Crippen molar-refractivity contribution in [2.75, 3.05) is 38.0 Å². The van der Waals surface area contributed by atoms with E-state index in [9.17, 15) is 4.79 Å². The van der Waals surface area contributed by atoms with Crippen LogP contribution >= 0.6 is 0 Å². The maximum absolute atomic E-state index is 12.2. The van der Waals surface area contributed by atoms with Gasteiger partial charge < -0.3 is 29.0 Å². The number of hydrogen-bond acceptors (Lipinski definition) is 7. The van der Waals surface area contributed by atoms with Crippen molar-refractivity contribution in [2.24, 2.45) is 0 Å². The predicted molar refractivity (Wildman–Crippen MR) is 83.3 cm³/mol. The second-order valence-corrected chi connectivity index (χ2v) is 5.52. The fraction of sp³-hybridized carbons (Fsp3) is 0.375. The molecule has 4 rings (SSSR count). The number of morpholine rings is 1. The zero-order valence-corrected chi connectivity index (χ0v) is 13.0. The van der Waals surface area contributed by atoms with E-state index in [1.54, 1.807) is 6.07 Å². The first kappa shape index (κ1) is 14.8. The van der Waals surface area contributed by atoms with Crippen LogP contribution in [0, 0.1) is 0 Å². The van der Waals surface area contributed by atoms with Crippen molar-refractivity contribution in [3.8, 4) is 11.5 Å². The highest BCUT2D eigenvalue weighted by atomic mass is 16.7. The lowest BCUT2D eigenvalue weighted by Crippen LogP contribution is -2.35. The molecule has 1 aromatic carbocycles. The summed E-state index contributed by atoms with van der Waals surface area (Å²) in [4.78, 5) is 14.2. The monoisotopic (exact) mass is 331 g/mol. The summed E-state index contributed by atoms with van der Waals surface area (Å²) in [5.74, 6) is 1.72. The first-order valence-electron chi connectivity index (χ1n) is 7.76. The summed E-state index contributed by atoms with van der Waals surface area (Å²) in [6.07, 6.45) is 0. The molecule has 8 nitrogen and oxygen atoms in total. The van der Waals surface area contributed by atoms with Crippen molar-refractivity contribution in [3.05, 3.63) is 35.5 Å². The number of carbonyl (C=O) groups excluding carboxylic acids is 1. The third-order valence-electron chi connectivity index (χ3n) is 3.94. The minimum Gasteiger partial charge on any atom is -0.454 e. The molecule has 8 heteroatoms. The zero-order valence-electron chi connectivity index (χ0n) is 13.0. The molecule has 24 heavy (non-hydrogen) atoms. The van der Waals surface area contributed by atoms with E-state index >= 15 is 0 Å². The highest BCUT2D eigenvalue weighted by Gasteiger charge is 2.19. The van der Waals surface area contributed by atoms with E-state index in [1.165, 1.54) is 0 Å². The van der Waals surface area contributed by atoms with Gasteiger partial charge in [-0.3, -0.25) is 4.79 Å². The Morgan fingerprint density at radius 1 is 1.17 bits per heavy atom. The van der Waals surface area contributed by atoms with Crippen molar-refractivity contribution in [1.29, 1.82) is 0 Å². The fourth-order valence-electron chi connectivity index (χ4n) is 2.63. The minimum atomic E-state index is -0.282. The lowest BCUT2D eigenvalue weighted by Gasteiger charge is -2.25. The molecule has 1 saturated heterocycles. The standard InChI is InChI=1S/C16H17N3O5/c20-16(12-8-15(24-18-12)19-3-5-21-6-4-19)17-9-11-1-2-13-14(7-11)23-10-22-13/h1-2,7-8H,3-6,9-10H2,(H,17,20). The highest BCUT2D eigenvalue weighted by molar-refractivity contribution is 5.92. The molecule has 0 saturated carbocycles. The van der Waals surface area contributed by atoms with Gasteiger partial charge in [-0.1, -0.05) is 11.2 Å². The summed E-state index contributed by atoms with van der Waals surface area (Å²) in [5, 5.41) is 6.67. The molecule has 1 fully saturated rings. The zero-order chi connectivity index (χ0) is 16.4. The van der Waals surface area contributed by atoms with Gasteiger partial charge in [0, 0.05) is 25.7 Å². The van der Waals surface area contributed by atoms with Crippen LogP contribution in [-0.2, 0) is 11.3 Å². The molecule has 2 aliphatic heterocycles. The van der Waals surface area contributed by atoms with E-state index in [0.29, 0.717) is 31.4 Å². The number of rotatable bonds is 4. The number of carbonyl (C=O) groups is 1. The Balaban J connectivity index is 1.37. The smallest absolute Gasteiger partial charge is 0.273 e. The van der Waals surface area contributed by atoms with Crippen LogP contribution in [0.15, 0.2) is 28.8 Å². The summed E-state index contributed by atoms with van der Waals surface area (Å²) in [6, 6.07) is 7.22. The first-order chi connectivity index (χ1) is 11.8. The molecule has 1 N–H and O–H groups in total. The Morgan fingerprint density at radius 2 is 2.00 bits per heavy atom. The average Bonchev–Trinajstić information content (AvgIpc) is 3.29. The van der Waals surface area contributed by atoms with Crippen LogP contribution in [-0.4, -0.2) is 44.2 Å². The van der Waals surface area contributed by atoms with Gasteiger partial charge in [0.25, 0.3) is 5.91 Å². The maximum Gasteiger partial charge on any atom is 0.273 e. The molecule has 1 amide bonds. The average molecular weight is 331 g/mol. The number of amides is 1. The molecule has 0 aliphatic carbocycles. The Hall–Kier alpha value is -2.74. The van der Waals surface area contributed by atoms with Crippen LogP contribution in [0.3, 0.4) is 0 Å². The molecular weight excluding hydrogens is 314 g/mol. The molecule has 0 spiro atoms. The van der Waals surface area contributed by atoms with Gasteiger partial charge in [-0.25, -0.2) is 0 Å². The van der Waals surface area contributed by atoms with Crippen molar-refractivity contribution in [3.63, 3.8) is 0 Å². The van der Waals surface area contributed by atoms with Gasteiger partial charge in [-0.15, -0.1) is 0 Å². The van der Waals surface area contributed by atoms with Gasteiger partial charge in [-0.2, -0.15) is 0 Å². The van der Waals surface area contributed by atoms with Crippen molar-refractivity contribution in [2.45, 2.75) is 6.54 Å². The SMILES string of the molecule is O=C(NCc1ccc2c(c1)OCO2)c1cc(N2CCOCC2)on1. The topological polar surface area (TPSA) is 86.1 Å². The summed E-state index contributed by atoms with van der Waals surface area (Å²) >= 11 is 0. The van der Waals surface area contributed by atoms with Gasteiger partial charge in [0.15, 0.2) is 17.2 Å². The predicted octanol–water partition coefficient (Wildman–Crippen LogP) is 1.17. The van der Waals surface area contributed by atoms with Crippen molar-refractivity contribution in [1.82, 2.24) is 10.5 Å². The number of aromatic nitrogens is 1. The molecule has 0 atom stereocenters. The molecule has 1 aromatic heterocycles. The molecule has 3 heterocycles. The molecule has 2 aliphatic rings. The van der Waals surface area contributed by atoms with Crippen LogP contribution in [0.2, 0.25) is 0 Å². The van der Waals surface area contributed by atoms with E-state index in [0.717, 1.165) is 24.4 Å². The molecule has 126 valence electrons. The molecule has 0 unspecified atom stereocenters. The first-order valence-corrected chi connectivity index (χ1v) is 7.76. The Labute approximate surface area is 138 Å². The molecule has 0 radical (unpaired) electrons. The van der Waals surface area contributed by atoms with E-state index in [4.69, 9.17) is 18.7 Å². The summed E-state index contributed by atoms with van der Waals surface area (Å²) in [5.41, 5.74) is 1.18. The van der Waals surface area contributed by atoms with Gasteiger partial charge >= 0.3 is 0 Å².